The van der Waals surface area contributed by atoms with E-state index in [9.17, 15) is 29.3 Å². The molecule has 342 valence electrons. The number of likely N-dealkylation sites (N-methyl/N-ethyl adjacent to an activating group) is 1. The molecule has 11 nitrogen and oxygen atoms in total. The third-order valence-electron chi connectivity index (χ3n) is 8.81. The van der Waals surface area contributed by atoms with E-state index < -0.39 is 44.7 Å². The van der Waals surface area contributed by atoms with Crippen molar-refractivity contribution < 1.29 is 52.3 Å². The molecule has 0 saturated carbocycles. The van der Waals surface area contributed by atoms with E-state index in [2.05, 4.69) is 62.5 Å². The Hall–Kier alpha value is -3.15. The van der Waals surface area contributed by atoms with Crippen LogP contribution in [0.5, 0.6) is 0 Å². The number of carbonyl (C=O) groups is 2. The fourth-order valence-electron chi connectivity index (χ4n) is 5.28. The molecule has 0 aliphatic rings. The number of hydrogen-bond donors (Lipinski definition) is 3. The lowest BCUT2D eigenvalue weighted by atomic mass is 10.1. The van der Waals surface area contributed by atoms with Gasteiger partial charge < -0.3 is 29.1 Å². The molecular weight excluding hydrogens is 781 g/mol. The van der Waals surface area contributed by atoms with E-state index >= 15 is 0 Å². The van der Waals surface area contributed by atoms with Crippen molar-refractivity contribution >= 4 is 19.8 Å². The molecule has 12 heteroatoms. The molecule has 4 atom stereocenters. The SMILES string of the molecule is CC/C=C\C/C=C\C/C=C\C/C=C\CCCCCCC(=O)O[C@H](COC(=O)CCC[C@@H](O)/C=C/C=C\C/C=C\C=C\[C@@H](O)CCCCC)COP(=O)(O)OCC[N+](C)(C)C. The molecule has 0 aliphatic carbocycles. The maximum atomic E-state index is 12.7. The lowest BCUT2D eigenvalue weighted by Gasteiger charge is -2.24. The number of rotatable bonds is 38. The van der Waals surface area contributed by atoms with Crippen LogP contribution in [0.1, 0.15) is 129 Å². The number of aliphatic hydroxyl groups is 2. The van der Waals surface area contributed by atoms with Crippen molar-refractivity contribution in [2.75, 3.05) is 47.5 Å². The number of phosphoric ester groups is 1. The van der Waals surface area contributed by atoms with Gasteiger partial charge in [-0.15, -0.1) is 0 Å². The number of hydrogen-bond acceptors (Lipinski definition) is 9. The van der Waals surface area contributed by atoms with Crippen molar-refractivity contribution in [3.8, 4) is 0 Å². The topological polar surface area (TPSA) is 149 Å². The summed E-state index contributed by atoms with van der Waals surface area (Å²) in [4.78, 5) is 35.4. The maximum Gasteiger partial charge on any atom is 0.472 e. The summed E-state index contributed by atoms with van der Waals surface area (Å²) in [6.07, 6.45) is 43.8. The van der Waals surface area contributed by atoms with Crippen LogP contribution in [0.3, 0.4) is 0 Å². The Labute approximate surface area is 363 Å². The predicted octanol–water partition coefficient (Wildman–Crippen LogP) is 10.5. The summed E-state index contributed by atoms with van der Waals surface area (Å²) in [6.45, 7) is 3.88. The highest BCUT2D eigenvalue weighted by molar-refractivity contribution is 7.47. The van der Waals surface area contributed by atoms with Gasteiger partial charge in [0.1, 0.15) is 19.8 Å². The van der Waals surface area contributed by atoms with Crippen LogP contribution in [0.15, 0.2) is 97.2 Å². The first-order valence-corrected chi connectivity index (χ1v) is 23.7. The number of nitrogens with zero attached hydrogens (tertiary/aromatic N) is 1. The van der Waals surface area contributed by atoms with E-state index in [4.69, 9.17) is 18.5 Å². The maximum absolute atomic E-state index is 12.7. The van der Waals surface area contributed by atoms with Crippen molar-refractivity contribution in [3.05, 3.63) is 97.2 Å². The molecule has 60 heavy (non-hydrogen) atoms. The summed E-state index contributed by atoms with van der Waals surface area (Å²) >= 11 is 0. The first kappa shape index (κ1) is 56.9. The van der Waals surface area contributed by atoms with Gasteiger partial charge in [-0.2, -0.15) is 0 Å². The highest BCUT2D eigenvalue weighted by Gasteiger charge is 2.27. The van der Waals surface area contributed by atoms with Gasteiger partial charge in [-0.05, 0) is 70.6 Å². The van der Waals surface area contributed by atoms with Gasteiger partial charge in [-0.1, -0.05) is 143 Å². The average molecular weight is 863 g/mol. The predicted molar refractivity (Wildman–Crippen MR) is 245 cm³/mol. The second-order valence-corrected chi connectivity index (χ2v) is 17.2. The third-order valence-corrected chi connectivity index (χ3v) is 9.79. The number of unbranched alkanes of at least 4 members (excludes halogenated alkanes) is 6. The number of esters is 2. The highest BCUT2D eigenvalue weighted by atomic mass is 31.2. The molecule has 0 fully saturated rings. The molecule has 1 unspecified atom stereocenters. The van der Waals surface area contributed by atoms with Crippen molar-refractivity contribution in [2.45, 2.75) is 148 Å². The molecule has 0 bridgehead atoms. The summed E-state index contributed by atoms with van der Waals surface area (Å²) in [7, 11) is 1.31. The van der Waals surface area contributed by atoms with Crippen molar-refractivity contribution in [1.82, 2.24) is 0 Å². The van der Waals surface area contributed by atoms with Gasteiger partial charge in [0, 0.05) is 12.8 Å². The van der Waals surface area contributed by atoms with E-state index in [0.29, 0.717) is 36.7 Å². The minimum atomic E-state index is -4.45. The van der Waals surface area contributed by atoms with Crippen LogP contribution in [0.25, 0.3) is 0 Å². The molecule has 0 aromatic carbocycles. The number of quaternary nitrogens is 1. The minimum Gasteiger partial charge on any atom is -0.462 e. The van der Waals surface area contributed by atoms with E-state index in [1.54, 1.807) is 18.2 Å². The number of aliphatic hydroxyl groups excluding tert-OH is 2. The van der Waals surface area contributed by atoms with Gasteiger partial charge in [0.2, 0.25) is 0 Å². The van der Waals surface area contributed by atoms with Crippen LogP contribution in [0.4, 0.5) is 0 Å². The summed E-state index contributed by atoms with van der Waals surface area (Å²) in [5.74, 6) is -1.07. The molecule has 0 amide bonds. The molecule has 0 heterocycles. The van der Waals surface area contributed by atoms with Crippen LogP contribution in [-0.4, -0.2) is 97.3 Å². The van der Waals surface area contributed by atoms with Crippen molar-refractivity contribution in [1.29, 1.82) is 0 Å². The molecular formula is C48H81NO10P+. The highest BCUT2D eigenvalue weighted by Crippen LogP contribution is 2.43. The smallest absolute Gasteiger partial charge is 0.462 e. The second kappa shape index (κ2) is 38.7. The molecule has 0 spiro atoms. The fraction of sp³-hybridized carbons (Fsp3) is 0.625. The first-order valence-electron chi connectivity index (χ1n) is 22.2. The zero-order chi connectivity index (χ0) is 44.6. The Morgan fingerprint density at radius 1 is 0.617 bits per heavy atom. The van der Waals surface area contributed by atoms with E-state index in [-0.39, 0.29) is 26.1 Å². The van der Waals surface area contributed by atoms with Gasteiger partial charge in [0.15, 0.2) is 6.10 Å². The van der Waals surface area contributed by atoms with Gasteiger partial charge in [0.05, 0.1) is 40.0 Å². The fourth-order valence-corrected chi connectivity index (χ4v) is 6.02. The lowest BCUT2D eigenvalue weighted by Crippen LogP contribution is -2.37. The van der Waals surface area contributed by atoms with Crippen LogP contribution in [-0.2, 0) is 32.7 Å². The van der Waals surface area contributed by atoms with Gasteiger partial charge in [-0.25, -0.2) is 4.57 Å². The molecule has 0 aliphatic heterocycles. The molecule has 0 aromatic heterocycles. The summed E-state index contributed by atoms with van der Waals surface area (Å²) in [5, 5.41) is 20.2. The summed E-state index contributed by atoms with van der Waals surface area (Å²) < 4.78 is 34.1. The van der Waals surface area contributed by atoms with Crippen LogP contribution in [0, 0.1) is 0 Å². The molecule has 0 saturated heterocycles. The normalized spacial score (nSPS) is 15.5. The van der Waals surface area contributed by atoms with Crippen LogP contribution >= 0.6 is 7.82 Å². The van der Waals surface area contributed by atoms with Crippen molar-refractivity contribution in [3.63, 3.8) is 0 Å². The van der Waals surface area contributed by atoms with Gasteiger partial charge in [-0.3, -0.25) is 18.6 Å². The monoisotopic (exact) mass is 863 g/mol. The second-order valence-electron chi connectivity index (χ2n) is 15.7. The van der Waals surface area contributed by atoms with Gasteiger partial charge in [0.25, 0.3) is 0 Å². The van der Waals surface area contributed by atoms with E-state index in [1.807, 2.05) is 51.5 Å². The molecule has 0 rings (SSSR count). The largest absolute Gasteiger partial charge is 0.472 e. The minimum absolute atomic E-state index is 0.0166. The Morgan fingerprint density at radius 2 is 1.17 bits per heavy atom. The molecule has 0 aromatic rings. The van der Waals surface area contributed by atoms with E-state index in [0.717, 1.165) is 77.0 Å². The Bertz CT molecular complexity index is 1380. The lowest BCUT2D eigenvalue weighted by molar-refractivity contribution is -0.870. The Morgan fingerprint density at radius 3 is 1.77 bits per heavy atom. The Balaban J connectivity index is 4.66. The summed E-state index contributed by atoms with van der Waals surface area (Å²) in [6, 6.07) is 0. The first-order chi connectivity index (χ1) is 28.8. The quantitative estimate of drug-likeness (QED) is 0.0137. The third kappa shape index (κ3) is 41.6. The summed E-state index contributed by atoms with van der Waals surface area (Å²) in [5.41, 5.74) is 0. The zero-order valence-electron chi connectivity index (χ0n) is 37.6. The number of ether oxygens (including phenoxy) is 2. The number of carbonyl (C=O) groups excluding carboxylic acids is 2. The average Bonchev–Trinajstić information content (AvgIpc) is 3.19. The molecule has 3 N–H and O–H groups in total. The standard InChI is InChI=1S/C48H80NO10P/c1-6-8-10-11-12-13-14-15-16-17-18-19-20-21-25-28-32-38-48(53)59-46(43-58-60(54,55)57-41-40-49(3,4)5)42-56-47(52)39-33-37-45(51)36-31-27-24-22-23-26-30-35-44(50)34-29-9-7-2/h8,10,12-13,15-16,18-19,23-24,26-27,30-31,35-36,44-46,50-51H,6-7,9,11,14,17,20-22,25,28-29,32-34,37-43H2,1-5H3/p+1/b10-8-,13-12-,16-15-,19-18-,26-23-,27-24-,35-30+,36-31+/t44-,45-,46+/m0/s1. The zero-order valence-corrected chi connectivity index (χ0v) is 38.5. The Kier molecular flexibility index (Phi) is 36.7. The van der Waals surface area contributed by atoms with Crippen LogP contribution < -0.4 is 0 Å². The number of phosphoric acid groups is 1. The van der Waals surface area contributed by atoms with Crippen molar-refractivity contribution in [2.24, 2.45) is 0 Å². The molecule has 0 radical (unpaired) electrons. The van der Waals surface area contributed by atoms with Crippen LogP contribution in [0.2, 0.25) is 0 Å². The van der Waals surface area contributed by atoms with Gasteiger partial charge >= 0.3 is 19.8 Å². The number of allylic oxidation sites excluding steroid dienone is 14. The van der Waals surface area contributed by atoms with E-state index in [1.165, 1.54) is 0 Å².